The van der Waals surface area contributed by atoms with Crippen molar-refractivity contribution in [3.63, 3.8) is 0 Å². The van der Waals surface area contributed by atoms with Gasteiger partial charge >= 0.3 is 6.09 Å². The number of amides is 1. The van der Waals surface area contributed by atoms with Gasteiger partial charge in [-0.1, -0.05) is 17.7 Å². The maximum absolute atomic E-state index is 14.5. The molecule has 1 amide bonds. The molecule has 2 fully saturated rings. The molecule has 0 spiro atoms. The number of hydrogen-bond acceptors (Lipinski definition) is 9. The summed E-state index contributed by atoms with van der Waals surface area (Å²) in [5.74, 6) is 0.344. The van der Waals surface area contributed by atoms with Crippen molar-refractivity contribution in [3.8, 4) is 11.5 Å². The lowest BCUT2D eigenvalue weighted by atomic mass is 10.1. The van der Waals surface area contributed by atoms with Crippen LogP contribution in [-0.2, 0) is 20.8 Å². The number of halogens is 2. The van der Waals surface area contributed by atoms with Gasteiger partial charge in [0.1, 0.15) is 36.3 Å². The Labute approximate surface area is 271 Å². The Kier molecular flexibility index (Phi) is 9.60. The van der Waals surface area contributed by atoms with Crippen LogP contribution in [0.5, 0.6) is 11.5 Å². The topological polar surface area (TPSA) is 121 Å². The molecule has 2 aromatic carbocycles. The minimum atomic E-state index is -0.663. The second-order valence-corrected chi connectivity index (χ2v) is 12.4. The van der Waals surface area contributed by atoms with Crippen LogP contribution in [0.25, 0.3) is 11.0 Å². The van der Waals surface area contributed by atoms with Crippen molar-refractivity contribution in [1.82, 2.24) is 25.2 Å². The van der Waals surface area contributed by atoms with E-state index < -0.39 is 17.7 Å². The van der Waals surface area contributed by atoms with Gasteiger partial charge in [-0.25, -0.2) is 19.2 Å². The molecule has 0 bridgehead atoms. The molecule has 244 valence electrons. The Morgan fingerprint density at radius 1 is 1.11 bits per heavy atom. The first-order chi connectivity index (χ1) is 22.2. The van der Waals surface area contributed by atoms with Gasteiger partial charge in [-0.15, -0.1) is 0 Å². The first-order valence-corrected chi connectivity index (χ1v) is 15.8. The van der Waals surface area contributed by atoms with E-state index in [1.807, 2.05) is 27.0 Å². The average molecular weight is 653 g/mol. The molecule has 1 saturated carbocycles. The number of alkyl carbamates (subject to hydrolysis) is 1. The molecule has 13 heteroatoms. The largest absolute Gasteiger partial charge is 0.454 e. The third kappa shape index (κ3) is 7.20. The van der Waals surface area contributed by atoms with E-state index in [2.05, 4.69) is 36.7 Å². The van der Waals surface area contributed by atoms with Crippen LogP contribution < -0.4 is 20.7 Å². The van der Waals surface area contributed by atoms with Gasteiger partial charge in [-0.05, 0) is 81.3 Å². The van der Waals surface area contributed by atoms with Crippen molar-refractivity contribution >= 4 is 34.5 Å². The molecule has 1 aliphatic carbocycles. The highest BCUT2D eigenvalue weighted by Crippen LogP contribution is 2.47. The van der Waals surface area contributed by atoms with E-state index in [4.69, 9.17) is 30.5 Å². The Morgan fingerprint density at radius 3 is 2.70 bits per heavy atom. The van der Waals surface area contributed by atoms with Gasteiger partial charge in [0.2, 0.25) is 0 Å². The maximum Gasteiger partial charge on any atom is 0.407 e. The second-order valence-electron chi connectivity index (χ2n) is 11.9. The lowest BCUT2D eigenvalue weighted by molar-refractivity contribution is -0.160. The number of aromatic nitrogens is 3. The van der Waals surface area contributed by atoms with E-state index in [9.17, 15) is 9.18 Å². The Balaban J connectivity index is 0.932. The first-order valence-electron chi connectivity index (χ1n) is 15.4. The summed E-state index contributed by atoms with van der Waals surface area (Å²) < 4.78 is 40.3. The van der Waals surface area contributed by atoms with Crippen molar-refractivity contribution in [2.75, 3.05) is 32.0 Å². The highest BCUT2D eigenvalue weighted by molar-refractivity contribution is 6.30. The number of nitrogens with one attached hydrogen (secondary N) is 3. The van der Waals surface area contributed by atoms with Crippen molar-refractivity contribution in [2.45, 2.75) is 57.3 Å². The third-order valence-electron chi connectivity index (χ3n) is 8.27. The van der Waals surface area contributed by atoms with E-state index in [1.165, 1.54) is 12.1 Å². The molecule has 1 saturated heterocycles. The summed E-state index contributed by atoms with van der Waals surface area (Å²) >= 11 is 5.88. The van der Waals surface area contributed by atoms with Crippen LogP contribution in [0.1, 0.15) is 38.3 Å². The van der Waals surface area contributed by atoms with Crippen LogP contribution >= 0.6 is 11.6 Å². The molecule has 0 unspecified atom stereocenters. The number of hydrogen-bond donors (Lipinski definition) is 3. The summed E-state index contributed by atoms with van der Waals surface area (Å²) in [6.07, 6.45) is 4.51. The van der Waals surface area contributed by atoms with Gasteiger partial charge in [0.15, 0.2) is 17.4 Å². The fourth-order valence-electron chi connectivity index (χ4n) is 6.20. The zero-order valence-electron chi connectivity index (χ0n) is 26.0. The van der Waals surface area contributed by atoms with Gasteiger partial charge in [0.25, 0.3) is 0 Å². The van der Waals surface area contributed by atoms with E-state index in [0.717, 1.165) is 29.8 Å². The maximum atomic E-state index is 14.5. The van der Waals surface area contributed by atoms with Crippen molar-refractivity contribution in [1.29, 1.82) is 0 Å². The van der Waals surface area contributed by atoms with E-state index in [1.54, 1.807) is 36.7 Å². The van der Waals surface area contributed by atoms with E-state index >= 15 is 0 Å². The molecule has 2 aliphatic rings. The molecule has 46 heavy (non-hydrogen) atoms. The number of anilines is 1. The lowest BCUT2D eigenvalue weighted by Gasteiger charge is -2.24. The van der Waals surface area contributed by atoms with Crippen LogP contribution in [0.2, 0.25) is 5.02 Å². The second kappa shape index (κ2) is 13.8. The molecular weight excluding hydrogens is 615 g/mol. The number of carbonyl (C=O) groups excluding carboxylic acids is 1. The number of ether oxygens (including phenoxy) is 4. The minimum Gasteiger partial charge on any atom is -0.454 e. The molecule has 6 rings (SSSR count). The summed E-state index contributed by atoms with van der Waals surface area (Å²) in [6.45, 7) is 5.73. The zero-order chi connectivity index (χ0) is 32.3. The van der Waals surface area contributed by atoms with E-state index in [-0.39, 0.29) is 36.5 Å². The van der Waals surface area contributed by atoms with Gasteiger partial charge in [0.05, 0.1) is 17.5 Å². The molecule has 4 atom stereocenters. The SMILES string of the molecule is CNc1ncnc2c1ccn2[C@@H]1C[C@H](CNCCCNC(=O)OCc2ccc(Oc3ccc(Cl)cc3)c(F)c2)[C@H]2OC(C)(C)O[C@H]21. The molecule has 2 aromatic heterocycles. The van der Waals surface area contributed by atoms with E-state index in [0.29, 0.717) is 35.8 Å². The van der Waals surface area contributed by atoms with Gasteiger partial charge in [-0.3, -0.25) is 0 Å². The Hall–Kier alpha value is -3.97. The van der Waals surface area contributed by atoms with Gasteiger partial charge < -0.3 is 39.5 Å². The summed E-state index contributed by atoms with van der Waals surface area (Å²) in [5.41, 5.74) is 1.38. The summed E-state index contributed by atoms with van der Waals surface area (Å²) in [4.78, 5) is 21.1. The quantitative estimate of drug-likeness (QED) is 0.157. The van der Waals surface area contributed by atoms with Crippen LogP contribution in [0.15, 0.2) is 61.1 Å². The fourth-order valence-corrected chi connectivity index (χ4v) is 6.33. The fraction of sp³-hybridized carbons (Fsp3) is 0.424. The predicted molar refractivity (Wildman–Crippen MR) is 172 cm³/mol. The summed E-state index contributed by atoms with van der Waals surface area (Å²) in [5, 5.41) is 10.9. The lowest BCUT2D eigenvalue weighted by Crippen LogP contribution is -2.34. The molecule has 3 N–H and O–H groups in total. The number of rotatable bonds is 12. The average Bonchev–Trinajstić information content (AvgIpc) is 3.70. The van der Waals surface area contributed by atoms with Crippen LogP contribution in [0.3, 0.4) is 0 Å². The molecule has 0 radical (unpaired) electrons. The molecule has 11 nitrogen and oxygen atoms in total. The number of carbonyl (C=O) groups is 1. The highest BCUT2D eigenvalue weighted by Gasteiger charge is 2.54. The van der Waals surface area contributed by atoms with Crippen molar-refractivity contribution in [3.05, 3.63) is 77.5 Å². The normalized spacial score (nSPS) is 21.7. The number of nitrogens with zero attached hydrogens (tertiary/aromatic N) is 3. The number of fused-ring (bicyclic) bond motifs is 2. The standard InChI is InChI=1S/C33H38ClFN6O5/c1-33(2)45-28-21(16-26(29(28)46-33)41-14-11-24-30(36-3)39-19-40-31(24)41)17-37-12-4-13-38-32(42)43-18-20-5-10-27(25(35)15-20)44-23-8-6-22(34)7-9-23/h5-11,14-15,19,21,26,28-29,37H,4,12-13,16-18H2,1-3H3,(H,38,42)(H,36,39,40)/t21-,26-,28-,29+/m1/s1. The smallest absolute Gasteiger partial charge is 0.407 e. The molecular formula is C33H38ClFN6O5. The van der Waals surface area contributed by atoms with Crippen molar-refractivity contribution in [2.24, 2.45) is 5.92 Å². The van der Waals surface area contributed by atoms with Crippen LogP contribution in [-0.4, -0.2) is 65.3 Å². The Bertz CT molecular complexity index is 1670. The minimum absolute atomic E-state index is 0.0495. The van der Waals surface area contributed by atoms with Crippen LogP contribution in [0, 0.1) is 11.7 Å². The third-order valence-corrected chi connectivity index (χ3v) is 8.52. The monoisotopic (exact) mass is 652 g/mol. The van der Waals surface area contributed by atoms with Crippen molar-refractivity contribution < 1.29 is 28.1 Å². The Morgan fingerprint density at radius 2 is 1.91 bits per heavy atom. The van der Waals surface area contributed by atoms with Gasteiger partial charge in [-0.2, -0.15) is 0 Å². The molecule has 4 aromatic rings. The summed E-state index contributed by atoms with van der Waals surface area (Å²) in [7, 11) is 1.85. The predicted octanol–water partition coefficient (Wildman–Crippen LogP) is 6.05. The summed E-state index contributed by atoms with van der Waals surface area (Å²) in [6, 6.07) is 13.2. The molecule has 3 heterocycles. The number of benzene rings is 2. The first kappa shape index (κ1) is 32.0. The van der Waals surface area contributed by atoms with Gasteiger partial charge in [0, 0.05) is 37.3 Å². The molecule has 1 aliphatic heterocycles. The van der Waals surface area contributed by atoms with Crippen LogP contribution in [0.4, 0.5) is 15.0 Å². The zero-order valence-corrected chi connectivity index (χ0v) is 26.7. The highest BCUT2D eigenvalue weighted by atomic mass is 35.5.